The Balaban J connectivity index is 2.96. The van der Waals surface area contributed by atoms with Crippen molar-refractivity contribution in [2.45, 2.75) is 25.2 Å². The van der Waals surface area contributed by atoms with Crippen molar-refractivity contribution in [2.75, 3.05) is 0 Å². The molecule has 1 aliphatic rings. The molecule has 0 saturated heterocycles. The summed E-state index contributed by atoms with van der Waals surface area (Å²) in [4.78, 5) is 11.4. The molecule has 0 heterocycles. The van der Waals surface area contributed by atoms with Gasteiger partial charge in [0.25, 0.3) is 0 Å². The molecule has 0 bridgehead atoms. The standard InChI is InChI=1S/C15H18F2O2/c1-3-5-6-7-11(4-2)13(14(18)19)12-8-9-15(16,17)10-12/h3-7,12-13H,1-2,8-10H2,(H,18,19)/b6-5-,11-7+. The summed E-state index contributed by atoms with van der Waals surface area (Å²) in [5.41, 5.74) is 0.452. The fraction of sp³-hybridized carbons (Fsp3) is 0.400. The predicted molar refractivity (Wildman–Crippen MR) is 71.0 cm³/mol. The van der Waals surface area contributed by atoms with Gasteiger partial charge in [-0.2, -0.15) is 0 Å². The third-order valence-electron chi connectivity index (χ3n) is 3.31. The Bertz CT molecular complexity index is 422. The lowest BCUT2D eigenvalue weighted by Crippen LogP contribution is -2.24. The fourth-order valence-electron chi connectivity index (χ4n) is 2.43. The van der Waals surface area contributed by atoms with E-state index in [0.29, 0.717) is 5.57 Å². The molecule has 0 aromatic rings. The van der Waals surface area contributed by atoms with E-state index in [0.717, 1.165) is 0 Å². The molecule has 1 saturated carbocycles. The van der Waals surface area contributed by atoms with Crippen LogP contribution in [0.4, 0.5) is 8.78 Å². The van der Waals surface area contributed by atoms with Crippen molar-refractivity contribution in [3.05, 3.63) is 49.1 Å². The average molecular weight is 268 g/mol. The number of hydrogen-bond donors (Lipinski definition) is 1. The Morgan fingerprint density at radius 3 is 2.47 bits per heavy atom. The minimum Gasteiger partial charge on any atom is -0.481 e. The summed E-state index contributed by atoms with van der Waals surface area (Å²) < 4.78 is 26.5. The number of carboxylic acids is 1. The molecule has 104 valence electrons. The van der Waals surface area contributed by atoms with E-state index in [9.17, 15) is 18.7 Å². The second-order valence-corrected chi connectivity index (χ2v) is 4.67. The monoisotopic (exact) mass is 268 g/mol. The van der Waals surface area contributed by atoms with Crippen molar-refractivity contribution in [1.82, 2.24) is 0 Å². The van der Waals surface area contributed by atoms with Crippen molar-refractivity contribution in [3.63, 3.8) is 0 Å². The summed E-state index contributed by atoms with van der Waals surface area (Å²) in [6, 6.07) is 0. The number of carboxylic acid groups (broad SMARTS) is 1. The smallest absolute Gasteiger partial charge is 0.311 e. The lowest BCUT2D eigenvalue weighted by molar-refractivity contribution is -0.142. The number of carbonyl (C=O) groups is 1. The van der Waals surface area contributed by atoms with Gasteiger partial charge in [0, 0.05) is 12.8 Å². The summed E-state index contributed by atoms with van der Waals surface area (Å²) in [6.07, 6.45) is 7.44. The Morgan fingerprint density at radius 2 is 2.05 bits per heavy atom. The van der Waals surface area contributed by atoms with E-state index in [-0.39, 0.29) is 19.3 Å². The highest BCUT2D eigenvalue weighted by atomic mass is 19.3. The maximum atomic E-state index is 13.2. The van der Waals surface area contributed by atoms with Gasteiger partial charge >= 0.3 is 5.97 Å². The highest BCUT2D eigenvalue weighted by Crippen LogP contribution is 2.44. The minimum atomic E-state index is -2.75. The summed E-state index contributed by atoms with van der Waals surface area (Å²) in [7, 11) is 0. The normalized spacial score (nSPS) is 24.3. The first kappa shape index (κ1) is 15.3. The van der Waals surface area contributed by atoms with Gasteiger partial charge in [0.05, 0.1) is 5.92 Å². The molecular formula is C15H18F2O2. The summed E-state index contributed by atoms with van der Waals surface area (Å²) in [5, 5.41) is 9.28. The van der Waals surface area contributed by atoms with Gasteiger partial charge in [-0.25, -0.2) is 8.78 Å². The number of hydrogen-bond acceptors (Lipinski definition) is 1. The van der Waals surface area contributed by atoms with Crippen LogP contribution in [0.2, 0.25) is 0 Å². The summed E-state index contributed by atoms with van der Waals surface area (Å²) >= 11 is 0. The highest BCUT2D eigenvalue weighted by Gasteiger charge is 2.45. The molecule has 1 fully saturated rings. The van der Waals surface area contributed by atoms with E-state index >= 15 is 0 Å². The number of allylic oxidation sites excluding steroid dienone is 5. The van der Waals surface area contributed by atoms with E-state index in [1.807, 2.05) is 0 Å². The van der Waals surface area contributed by atoms with E-state index in [1.165, 1.54) is 6.08 Å². The second kappa shape index (κ2) is 6.45. The Morgan fingerprint density at radius 1 is 1.37 bits per heavy atom. The van der Waals surface area contributed by atoms with Crippen molar-refractivity contribution in [1.29, 1.82) is 0 Å². The highest BCUT2D eigenvalue weighted by molar-refractivity contribution is 5.75. The first-order chi connectivity index (χ1) is 8.91. The molecule has 19 heavy (non-hydrogen) atoms. The first-order valence-corrected chi connectivity index (χ1v) is 6.13. The van der Waals surface area contributed by atoms with Gasteiger partial charge in [0.1, 0.15) is 0 Å². The van der Waals surface area contributed by atoms with Crippen LogP contribution in [0, 0.1) is 11.8 Å². The largest absolute Gasteiger partial charge is 0.481 e. The van der Waals surface area contributed by atoms with E-state index in [2.05, 4.69) is 13.2 Å². The number of aliphatic carboxylic acids is 1. The molecule has 0 amide bonds. The lowest BCUT2D eigenvalue weighted by Gasteiger charge is -2.20. The number of rotatable bonds is 6. The van der Waals surface area contributed by atoms with Crippen molar-refractivity contribution in [3.8, 4) is 0 Å². The van der Waals surface area contributed by atoms with Crippen LogP contribution in [-0.4, -0.2) is 17.0 Å². The predicted octanol–water partition coefficient (Wildman–Crippen LogP) is 3.98. The first-order valence-electron chi connectivity index (χ1n) is 6.13. The van der Waals surface area contributed by atoms with Crippen LogP contribution in [0.3, 0.4) is 0 Å². The van der Waals surface area contributed by atoms with Crippen molar-refractivity contribution in [2.24, 2.45) is 11.8 Å². The molecule has 1 N–H and O–H groups in total. The van der Waals surface area contributed by atoms with Crippen molar-refractivity contribution >= 4 is 5.97 Å². The third kappa shape index (κ3) is 4.16. The zero-order valence-corrected chi connectivity index (χ0v) is 10.7. The molecule has 4 heteroatoms. The molecule has 0 spiro atoms. The molecule has 2 nitrogen and oxygen atoms in total. The van der Waals surface area contributed by atoms with E-state index < -0.39 is 23.7 Å². The lowest BCUT2D eigenvalue weighted by atomic mass is 9.84. The van der Waals surface area contributed by atoms with Crippen LogP contribution < -0.4 is 0 Å². The Labute approximate surface area is 111 Å². The molecule has 0 radical (unpaired) electrons. The molecule has 0 aromatic carbocycles. The summed E-state index contributed by atoms with van der Waals surface area (Å²) in [6.45, 7) is 7.07. The van der Waals surface area contributed by atoms with Crippen LogP contribution in [0.5, 0.6) is 0 Å². The maximum absolute atomic E-state index is 13.2. The molecule has 1 rings (SSSR count). The minimum absolute atomic E-state index is 0.223. The molecule has 2 unspecified atom stereocenters. The molecule has 0 aliphatic heterocycles. The van der Waals surface area contributed by atoms with E-state index in [1.54, 1.807) is 24.3 Å². The molecular weight excluding hydrogens is 250 g/mol. The van der Waals surface area contributed by atoms with Gasteiger partial charge in [-0.05, 0) is 17.9 Å². The van der Waals surface area contributed by atoms with Gasteiger partial charge in [-0.15, -0.1) is 0 Å². The maximum Gasteiger partial charge on any atom is 0.311 e. The molecule has 0 aromatic heterocycles. The molecule has 2 atom stereocenters. The van der Waals surface area contributed by atoms with Gasteiger partial charge in [-0.3, -0.25) is 4.79 Å². The van der Waals surface area contributed by atoms with Gasteiger partial charge < -0.3 is 5.11 Å². The fourth-order valence-corrected chi connectivity index (χ4v) is 2.43. The van der Waals surface area contributed by atoms with Gasteiger partial charge in [0.15, 0.2) is 0 Å². The van der Waals surface area contributed by atoms with Crippen LogP contribution in [-0.2, 0) is 4.79 Å². The van der Waals surface area contributed by atoms with E-state index in [4.69, 9.17) is 0 Å². The topological polar surface area (TPSA) is 37.3 Å². The van der Waals surface area contributed by atoms with Crippen molar-refractivity contribution < 1.29 is 18.7 Å². The molecule has 1 aliphatic carbocycles. The number of alkyl halides is 2. The zero-order valence-electron chi connectivity index (χ0n) is 10.7. The Hall–Kier alpha value is -1.71. The summed E-state index contributed by atoms with van der Waals surface area (Å²) in [5.74, 6) is -5.31. The van der Waals surface area contributed by atoms with Crippen LogP contribution in [0.15, 0.2) is 49.1 Å². The van der Waals surface area contributed by atoms with Gasteiger partial charge in [-0.1, -0.05) is 43.5 Å². The van der Waals surface area contributed by atoms with Crippen LogP contribution in [0.1, 0.15) is 19.3 Å². The average Bonchev–Trinajstić information content (AvgIpc) is 2.67. The quantitative estimate of drug-likeness (QED) is 0.740. The zero-order chi connectivity index (χ0) is 14.5. The SMILES string of the molecule is C=C/C=C\C=C(/C=C)C(C(=O)O)C1CCC(F)(F)C1. The van der Waals surface area contributed by atoms with Crippen LogP contribution >= 0.6 is 0 Å². The Kier molecular flexibility index (Phi) is 5.21. The number of halogens is 2. The second-order valence-electron chi connectivity index (χ2n) is 4.67. The van der Waals surface area contributed by atoms with Gasteiger partial charge in [0.2, 0.25) is 5.92 Å². The van der Waals surface area contributed by atoms with Crippen LogP contribution in [0.25, 0.3) is 0 Å². The third-order valence-corrected chi connectivity index (χ3v) is 3.31.